The first-order chi connectivity index (χ1) is 10.1. The third-order valence-corrected chi connectivity index (χ3v) is 3.02. The first kappa shape index (κ1) is 16.9. The topological polar surface area (TPSA) is 34.0 Å². The number of hydrogen-bond donors (Lipinski definition) is 0. The summed E-state index contributed by atoms with van der Waals surface area (Å²) >= 11 is 0. The standard InChI is InChI=1S/C16H18N2O.C2H6/c1-11-5-7-14(8-6-11)17-18-15-10-16(19-4)13(3)9-12(15)2;1-2/h5-10H,1-4H3;1-2H3. The lowest BCUT2D eigenvalue weighted by atomic mass is 10.1. The van der Waals surface area contributed by atoms with Crippen LogP contribution in [0.25, 0.3) is 0 Å². The van der Waals surface area contributed by atoms with E-state index in [9.17, 15) is 0 Å². The molecule has 0 aliphatic rings. The minimum Gasteiger partial charge on any atom is -0.496 e. The predicted octanol–water partition coefficient (Wildman–Crippen LogP) is 6.06. The summed E-state index contributed by atoms with van der Waals surface area (Å²) in [7, 11) is 1.67. The summed E-state index contributed by atoms with van der Waals surface area (Å²) in [5, 5.41) is 8.55. The highest BCUT2D eigenvalue weighted by Gasteiger charge is 2.04. The molecule has 0 saturated heterocycles. The van der Waals surface area contributed by atoms with Crippen LogP contribution in [0.1, 0.15) is 30.5 Å². The van der Waals surface area contributed by atoms with Gasteiger partial charge < -0.3 is 4.74 Å². The molecule has 0 aliphatic carbocycles. The van der Waals surface area contributed by atoms with E-state index < -0.39 is 0 Å². The summed E-state index contributed by atoms with van der Waals surface area (Å²) < 4.78 is 5.31. The van der Waals surface area contributed by atoms with E-state index in [1.807, 2.05) is 58.0 Å². The van der Waals surface area contributed by atoms with Crippen molar-refractivity contribution in [3.8, 4) is 5.75 Å². The van der Waals surface area contributed by atoms with Gasteiger partial charge in [-0.15, -0.1) is 0 Å². The van der Waals surface area contributed by atoms with Crippen molar-refractivity contribution in [1.82, 2.24) is 0 Å². The Labute approximate surface area is 127 Å². The van der Waals surface area contributed by atoms with Gasteiger partial charge in [-0.2, -0.15) is 10.2 Å². The molecular weight excluding hydrogens is 260 g/mol. The van der Waals surface area contributed by atoms with E-state index in [1.165, 1.54) is 5.56 Å². The average molecular weight is 284 g/mol. The molecule has 0 spiro atoms. The Hall–Kier alpha value is -2.16. The van der Waals surface area contributed by atoms with Gasteiger partial charge in [0.2, 0.25) is 0 Å². The minimum absolute atomic E-state index is 0.836. The first-order valence-electron chi connectivity index (χ1n) is 7.24. The van der Waals surface area contributed by atoms with Gasteiger partial charge >= 0.3 is 0 Å². The fourth-order valence-corrected chi connectivity index (χ4v) is 1.87. The lowest BCUT2D eigenvalue weighted by Crippen LogP contribution is -1.87. The van der Waals surface area contributed by atoms with Crippen molar-refractivity contribution in [2.24, 2.45) is 10.2 Å². The summed E-state index contributed by atoms with van der Waals surface area (Å²) in [5.41, 5.74) is 5.10. The van der Waals surface area contributed by atoms with E-state index in [0.29, 0.717) is 0 Å². The lowest BCUT2D eigenvalue weighted by molar-refractivity contribution is 0.411. The van der Waals surface area contributed by atoms with Crippen molar-refractivity contribution in [3.63, 3.8) is 0 Å². The van der Waals surface area contributed by atoms with Crippen molar-refractivity contribution < 1.29 is 4.74 Å². The molecule has 0 N–H and O–H groups in total. The molecule has 2 rings (SSSR count). The van der Waals surface area contributed by atoms with Gasteiger partial charge in [0.25, 0.3) is 0 Å². The van der Waals surface area contributed by atoms with Crippen LogP contribution in [-0.2, 0) is 0 Å². The molecule has 112 valence electrons. The third-order valence-electron chi connectivity index (χ3n) is 3.02. The summed E-state index contributed by atoms with van der Waals surface area (Å²) in [6.45, 7) is 10.1. The minimum atomic E-state index is 0.836. The molecule has 0 fully saturated rings. The number of rotatable bonds is 3. The van der Waals surface area contributed by atoms with Gasteiger partial charge in [-0.05, 0) is 44.0 Å². The van der Waals surface area contributed by atoms with Crippen LogP contribution in [0.3, 0.4) is 0 Å². The SMILES string of the molecule is CC.COc1cc(N=Nc2ccc(C)cc2)c(C)cc1C. The fraction of sp³-hybridized carbons (Fsp3) is 0.333. The molecule has 0 bridgehead atoms. The molecule has 0 atom stereocenters. The van der Waals surface area contributed by atoms with E-state index in [1.54, 1.807) is 7.11 Å². The number of aryl methyl sites for hydroxylation is 3. The molecule has 0 unspecified atom stereocenters. The number of hydrogen-bond acceptors (Lipinski definition) is 3. The maximum Gasteiger partial charge on any atom is 0.124 e. The number of benzene rings is 2. The second-order valence-electron chi connectivity index (χ2n) is 4.64. The molecule has 3 nitrogen and oxygen atoms in total. The number of methoxy groups -OCH3 is 1. The fourth-order valence-electron chi connectivity index (χ4n) is 1.87. The predicted molar refractivity (Wildman–Crippen MR) is 89.2 cm³/mol. The Morgan fingerprint density at radius 2 is 1.43 bits per heavy atom. The van der Waals surface area contributed by atoms with Gasteiger partial charge in [0, 0.05) is 6.07 Å². The van der Waals surface area contributed by atoms with Crippen molar-refractivity contribution in [2.75, 3.05) is 7.11 Å². The molecule has 0 aromatic heterocycles. The normalized spacial score (nSPS) is 10.2. The van der Waals surface area contributed by atoms with Crippen molar-refractivity contribution in [3.05, 3.63) is 53.1 Å². The first-order valence-corrected chi connectivity index (χ1v) is 7.24. The van der Waals surface area contributed by atoms with E-state index >= 15 is 0 Å². The zero-order valence-electron chi connectivity index (χ0n) is 13.8. The van der Waals surface area contributed by atoms with Gasteiger partial charge in [0.15, 0.2) is 0 Å². The van der Waals surface area contributed by atoms with Crippen LogP contribution in [0.15, 0.2) is 46.6 Å². The quantitative estimate of drug-likeness (QED) is 0.630. The summed E-state index contributed by atoms with van der Waals surface area (Å²) in [5.74, 6) is 0.837. The Balaban J connectivity index is 0.00000106. The molecule has 0 amide bonds. The molecule has 3 heteroatoms. The highest BCUT2D eigenvalue weighted by Crippen LogP contribution is 2.29. The van der Waals surface area contributed by atoms with Crippen LogP contribution in [0.4, 0.5) is 11.4 Å². The maximum absolute atomic E-state index is 5.31. The summed E-state index contributed by atoms with van der Waals surface area (Å²) in [6, 6.07) is 11.9. The van der Waals surface area contributed by atoms with Gasteiger partial charge in [-0.25, -0.2) is 0 Å². The van der Waals surface area contributed by atoms with Gasteiger partial charge in [-0.1, -0.05) is 37.6 Å². The average Bonchev–Trinajstić information content (AvgIpc) is 2.50. The number of azo groups is 1. The van der Waals surface area contributed by atoms with Crippen molar-refractivity contribution in [2.45, 2.75) is 34.6 Å². The van der Waals surface area contributed by atoms with Crippen molar-refractivity contribution >= 4 is 11.4 Å². The molecule has 0 saturated carbocycles. The van der Waals surface area contributed by atoms with Gasteiger partial charge in [0.1, 0.15) is 5.75 Å². The largest absolute Gasteiger partial charge is 0.496 e. The number of ether oxygens (including phenoxy) is 1. The Morgan fingerprint density at radius 3 is 2.00 bits per heavy atom. The molecule has 0 heterocycles. The van der Waals surface area contributed by atoms with Crippen LogP contribution < -0.4 is 4.74 Å². The van der Waals surface area contributed by atoms with Crippen LogP contribution in [-0.4, -0.2) is 7.11 Å². The summed E-state index contributed by atoms with van der Waals surface area (Å²) in [4.78, 5) is 0. The maximum atomic E-state index is 5.31. The Kier molecular flexibility index (Phi) is 6.60. The van der Waals surface area contributed by atoms with E-state index in [4.69, 9.17) is 4.74 Å². The van der Waals surface area contributed by atoms with Crippen LogP contribution >= 0.6 is 0 Å². The van der Waals surface area contributed by atoms with Crippen LogP contribution in [0.5, 0.6) is 5.75 Å². The van der Waals surface area contributed by atoms with E-state index in [0.717, 1.165) is 28.3 Å². The Morgan fingerprint density at radius 1 is 0.810 bits per heavy atom. The molecule has 2 aromatic carbocycles. The van der Waals surface area contributed by atoms with Crippen LogP contribution in [0, 0.1) is 20.8 Å². The second-order valence-corrected chi connectivity index (χ2v) is 4.64. The molecule has 0 aliphatic heterocycles. The molecular formula is C18H24N2O. The highest BCUT2D eigenvalue weighted by molar-refractivity contribution is 5.53. The van der Waals surface area contributed by atoms with Gasteiger partial charge in [0.05, 0.1) is 18.5 Å². The van der Waals surface area contributed by atoms with E-state index in [-0.39, 0.29) is 0 Å². The lowest BCUT2D eigenvalue weighted by Gasteiger charge is -2.07. The third kappa shape index (κ3) is 4.71. The zero-order valence-corrected chi connectivity index (χ0v) is 13.8. The van der Waals surface area contributed by atoms with E-state index in [2.05, 4.69) is 23.2 Å². The Bertz CT molecular complexity index is 601. The molecule has 2 aromatic rings. The number of nitrogens with zero attached hydrogens (tertiary/aromatic N) is 2. The monoisotopic (exact) mass is 284 g/mol. The van der Waals surface area contributed by atoms with Crippen LogP contribution in [0.2, 0.25) is 0 Å². The highest BCUT2D eigenvalue weighted by atomic mass is 16.5. The smallest absolute Gasteiger partial charge is 0.124 e. The summed E-state index contributed by atoms with van der Waals surface area (Å²) in [6.07, 6.45) is 0. The van der Waals surface area contributed by atoms with Crippen molar-refractivity contribution in [1.29, 1.82) is 0 Å². The second kappa shape index (κ2) is 8.20. The molecule has 0 radical (unpaired) electrons. The zero-order chi connectivity index (χ0) is 15.8. The molecule has 21 heavy (non-hydrogen) atoms. The van der Waals surface area contributed by atoms with Gasteiger partial charge in [-0.3, -0.25) is 0 Å².